The minimum Gasteiger partial charge on any atom is -0.726 e. The SMILES string of the molecule is O.O=C([O-])C1C[C@@H](O)C(OS(=O)(=O)[O-])C(O)O1.O=S(=O)([O-])OCC1CC(O)C(CO)O1. The standard InChI is InChI=1S/C6H10O9S.C6H12O7S.H2O/c7-2-1-3(5(8)9)14-6(10)4(2)15-16(11,12)13;7-2-6-5(8)1-4(13-6)3-12-14(9,10)11;/h2-4,6-7,10H,1H2,(H,8,9)(H,11,12,13);4-8H,1-3H2,(H,9,10,11);1H2/p-3/t2-,3?,4?,6?;;/m1../s1. The van der Waals surface area contributed by atoms with Gasteiger partial charge in [0.15, 0.2) is 12.4 Å². The van der Waals surface area contributed by atoms with Gasteiger partial charge in [-0.2, -0.15) is 0 Å². The maximum Gasteiger partial charge on any atom is 0.218 e. The minimum atomic E-state index is -5.14. The predicted molar refractivity (Wildman–Crippen MR) is 86.7 cm³/mol. The summed E-state index contributed by atoms with van der Waals surface area (Å²) in [5, 5.41) is 46.6. The van der Waals surface area contributed by atoms with E-state index < -0.39 is 82.7 Å². The van der Waals surface area contributed by atoms with Crippen LogP contribution < -0.4 is 5.11 Å². The van der Waals surface area contributed by atoms with Crippen molar-refractivity contribution in [2.75, 3.05) is 13.2 Å². The number of carboxylic acid groups (broad SMARTS) is 1. The summed E-state index contributed by atoms with van der Waals surface area (Å²) in [4.78, 5) is 10.4. The van der Waals surface area contributed by atoms with Crippen LogP contribution in [-0.2, 0) is 43.4 Å². The van der Waals surface area contributed by atoms with Gasteiger partial charge in [-0.15, -0.1) is 0 Å². The Labute approximate surface area is 175 Å². The highest BCUT2D eigenvalue weighted by molar-refractivity contribution is 7.81. The third kappa shape index (κ3) is 10.9. The molecule has 0 aliphatic carbocycles. The van der Waals surface area contributed by atoms with Crippen LogP contribution in [0.3, 0.4) is 0 Å². The van der Waals surface area contributed by atoms with Crippen molar-refractivity contribution in [3.8, 4) is 0 Å². The van der Waals surface area contributed by atoms with Crippen LogP contribution in [0, 0.1) is 0 Å². The maximum absolute atomic E-state index is 10.4. The molecule has 2 saturated heterocycles. The molecular formula is C12H21O17S2-3. The van der Waals surface area contributed by atoms with E-state index >= 15 is 0 Å². The van der Waals surface area contributed by atoms with Gasteiger partial charge in [0.05, 0.1) is 37.5 Å². The number of hydrogen-bond donors (Lipinski definition) is 4. The van der Waals surface area contributed by atoms with E-state index in [0.29, 0.717) is 0 Å². The fourth-order valence-electron chi connectivity index (χ4n) is 2.49. The molecule has 0 spiro atoms. The van der Waals surface area contributed by atoms with E-state index in [4.69, 9.17) is 14.9 Å². The second kappa shape index (κ2) is 12.2. The summed E-state index contributed by atoms with van der Waals surface area (Å²) in [6.45, 7) is -0.790. The van der Waals surface area contributed by atoms with Gasteiger partial charge in [0.1, 0.15) is 12.2 Å². The number of carbonyl (C=O) groups is 1. The van der Waals surface area contributed by atoms with E-state index in [2.05, 4.69) is 13.1 Å². The first kappa shape index (κ1) is 29.9. The number of ether oxygens (including phenoxy) is 2. The van der Waals surface area contributed by atoms with E-state index in [-0.39, 0.29) is 18.5 Å². The van der Waals surface area contributed by atoms with E-state index in [0.717, 1.165) is 0 Å². The lowest BCUT2D eigenvalue weighted by atomic mass is 10.0. The Morgan fingerprint density at radius 3 is 1.97 bits per heavy atom. The van der Waals surface area contributed by atoms with Gasteiger partial charge >= 0.3 is 0 Å². The average molecular weight is 501 g/mol. The number of carboxylic acids is 1. The van der Waals surface area contributed by atoms with Crippen molar-refractivity contribution < 1.29 is 79.6 Å². The smallest absolute Gasteiger partial charge is 0.218 e. The van der Waals surface area contributed by atoms with E-state index in [1.165, 1.54) is 0 Å². The van der Waals surface area contributed by atoms with Gasteiger partial charge in [-0.1, -0.05) is 0 Å². The van der Waals surface area contributed by atoms with Crippen molar-refractivity contribution in [2.45, 2.75) is 55.8 Å². The molecule has 17 nitrogen and oxygen atoms in total. The van der Waals surface area contributed by atoms with Gasteiger partial charge in [0.2, 0.25) is 20.8 Å². The zero-order chi connectivity index (χ0) is 23.3. The molecule has 19 heteroatoms. The Balaban J connectivity index is 0.000000567. The second-order valence-corrected chi connectivity index (χ2v) is 8.14. The molecule has 0 bridgehead atoms. The molecule has 0 radical (unpaired) electrons. The molecule has 2 heterocycles. The molecule has 6 unspecified atom stereocenters. The summed E-state index contributed by atoms with van der Waals surface area (Å²) in [7, 11) is -9.87. The van der Waals surface area contributed by atoms with Crippen LogP contribution in [0.25, 0.3) is 0 Å². The third-order valence-corrected chi connectivity index (χ3v) is 4.67. The maximum atomic E-state index is 10.4. The normalized spacial score (nSPS) is 33.7. The largest absolute Gasteiger partial charge is 0.726 e. The Morgan fingerprint density at radius 1 is 1.00 bits per heavy atom. The lowest BCUT2D eigenvalue weighted by Gasteiger charge is -2.37. The summed E-state index contributed by atoms with van der Waals surface area (Å²) in [5.74, 6) is -1.68. The molecule has 2 aliphatic heterocycles. The molecule has 2 fully saturated rings. The fourth-order valence-corrected chi connectivity index (χ4v) is 3.30. The van der Waals surface area contributed by atoms with Crippen molar-refractivity contribution in [3.05, 3.63) is 0 Å². The van der Waals surface area contributed by atoms with Crippen LogP contribution in [0.2, 0.25) is 0 Å². The van der Waals surface area contributed by atoms with E-state index in [9.17, 15) is 46.1 Å². The molecule has 0 saturated carbocycles. The van der Waals surface area contributed by atoms with Crippen molar-refractivity contribution in [2.24, 2.45) is 0 Å². The highest BCUT2D eigenvalue weighted by Gasteiger charge is 2.39. The predicted octanol–water partition coefficient (Wildman–Crippen LogP) is -6.80. The van der Waals surface area contributed by atoms with Crippen LogP contribution in [0.15, 0.2) is 0 Å². The van der Waals surface area contributed by atoms with Crippen molar-refractivity contribution in [1.82, 2.24) is 0 Å². The quantitative estimate of drug-likeness (QED) is 0.186. The highest BCUT2D eigenvalue weighted by atomic mass is 32.3. The van der Waals surface area contributed by atoms with E-state index in [1.807, 2.05) is 0 Å². The molecule has 7 atom stereocenters. The topological polar surface area (TPSA) is 304 Å². The van der Waals surface area contributed by atoms with Crippen molar-refractivity contribution >= 4 is 26.8 Å². The van der Waals surface area contributed by atoms with Gasteiger partial charge in [0.25, 0.3) is 0 Å². The molecule has 2 aliphatic rings. The summed E-state index contributed by atoms with van der Waals surface area (Å²) in [6, 6.07) is 0. The first-order valence-electron chi connectivity index (χ1n) is 8.04. The van der Waals surface area contributed by atoms with Gasteiger partial charge in [-0.05, 0) is 0 Å². The van der Waals surface area contributed by atoms with Crippen LogP contribution in [0.4, 0.5) is 0 Å². The molecule has 0 amide bonds. The monoisotopic (exact) mass is 501 g/mol. The Bertz CT molecular complexity index is 754. The van der Waals surface area contributed by atoms with Gasteiger partial charge in [-0.25, -0.2) is 16.8 Å². The summed E-state index contributed by atoms with van der Waals surface area (Å²) in [5.41, 5.74) is 0. The third-order valence-electron chi connectivity index (χ3n) is 3.79. The second-order valence-electron chi connectivity index (χ2n) is 6.08. The van der Waals surface area contributed by atoms with Crippen molar-refractivity contribution in [1.29, 1.82) is 0 Å². The Kier molecular flexibility index (Phi) is 11.8. The molecular weight excluding hydrogens is 480 g/mol. The molecule has 31 heavy (non-hydrogen) atoms. The zero-order valence-electron chi connectivity index (χ0n) is 15.4. The number of carbonyl (C=O) groups excluding carboxylic acids is 1. The molecule has 0 aromatic heterocycles. The van der Waals surface area contributed by atoms with Crippen LogP contribution in [0.1, 0.15) is 12.8 Å². The summed E-state index contributed by atoms with van der Waals surface area (Å²) >= 11 is 0. The first-order valence-corrected chi connectivity index (χ1v) is 10.7. The number of aliphatic hydroxyl groups is 4. The molecule has 0 aromatic carbocycles. The lowest BCUT2D eigenvalue weighted by molar-refractivity contribution is -0.333. The zero-order valence-corrected chi connectivity index (χ0v) is 17.0. The average Bonchev–Trinajstić information content (AvgIpc) is 2.95. The lowest BCUT2D eigenvalue weighted by Crippen LogP contribution is -2.54. The first-order chi connectivity index (χ1) is 13.6. The molecule has 186 valence electrons. The van der Waals surface area contributed by atoms with Crippen LogP contribution >= 0.6 is 0 Å². The van der Waals surface area contributed by atoms with E-state index in [1.54, 1.807) is 0 Å². The molecule has 6 N–H and O–H groups in total. The van der Waals surface area contributed by atoms with Gasteiger partial charge in [-0.3, -0.25) is 8.37 Å². The van der Waals surface area contributed by atoms with Gasteiger partial charge < -0.3 is 54.4 Å². The Hall–Kier alpha value is -1.07. The molecule has 2 rings (SSSR count). The summed E-state index contributed by atoms with van der Waals surface area (Å²) in [6.07, 6.45) is -9.85. The Morgan fingerprint density at radius 2 is 1.58 bits per heavy atom. The van der Waals surface area contributed by atoms with Crippen molar-refractivity contribution in [3.63, 3.8) is 0 Å². The number of hydrogen-bond acceptors (Lipinski definition) is 16. The number of aliphatic carboxylic acids is 1. The highest BCUT2D eigenvalue weighted by Crippen LogP contribution is 2.22. The number of aliphatic hydroxyl groups excluding tert-OH is 4. The van der Waals surface area contributed by atoms with Crippen LogP contribution in [-0.4, -0.2) is 114 Å². The fraction of sp³-hybridized carbons (Fsp3) is 0.917. The molecule has 0 aromatic rings. The minimum absolute atomic E-state index is 0. The van der Waals surface area contributed by atoms with Gasteiger partial charge in [0, 0.05) is 12.8 Å². The van der Waals surface area contributed by atoms with Crippen LogP contribution in [0.5, 0.6) is 0 Å². The number of rotatable bonds is 7. The summed E-state index contributed by atoms with van der Waals surface area (Å²) < 4.78 is 78.0.